The zero-order valence-corrected chi connectivity index (χ0v) is 22.7. The van der Waals surface area contributed by atoms with Crippen LogP contribution < -0.4 is 0 Å². The smallest absolute Gasteiger partial charge is 0.331 e. The summed E-state index contributed by atoms with van der Waals surface area (Å²) in [5, 5.41) is 16.7. The first-order valence-corrected chi connectivity index (χ1v) is 13.9. The first kappa shape index (κ1) is 27.7. The van der Waals surface area contributed by atoms with E-state index < -0.39 is 11.6 Å². The van der Waals surface area contributed by atoms with Crippen LogP contribution in [0.4, 0.5) is 0 Å². The van der Waals surface area contributed by atoms with Crippen LogP contribution in [0.5, 0.6) is 0 Å². The van der Waals surface area contributed by atoms with Crippen LogP contribution in [0.3, 0.4) is 0 Å². The molecule has 0 amide bonds. The third kappa shape index (κ3) is 5.73. The number of oxime groups is 1. The first-order chi connectivity index (χ1) is 18.3. The Morgan fingerprint density at radius 1 is 0.921 bits per heavy atom. The lowest BCUT2D eigenvalue weighted by atomic mass is 9.79. The molecule has 0 spiro atoms. The topological polar surface area (TPSA) is 98.0 Å². The van der Waals surface area contributed by atoms with Gasteiger partial charge in [-0.1, -0.05) is 50.6 Å². The summed E-state index contributed by atoms with van der Waals surface area (Å²) in [5.41, 5.74) is 1.79. The molecule has 7 nitrogen and oxygen atoms in total. The lowest BCUT2D eigenvalue weighted by Gasteiger charge is -2.30. The van der Waals surface area contributed by atoms with Crippen LogP contribution in [0.1, 0.15) is 106 Å². The molecule has 0 bridgehead atoms. The average Bonchev–Trinajstić information content (AvgIpc) is 3.24. The van der Waals surface area contributed by atoms with Gasteiger partial charge in [-0.05, 0) is 69.0 Å². The molecule has 0 aliphatic heterocycles. The molecular weight excluding hydrogens is 480 g/mol. The summed E-state index contributed by atoms with van der Waals surface area (Å²) in [6, 6.07) is 11.1. The largest absolute Gasteiger partial charge is 0.382 e. The maximum atomic E-state index is 13.5. The van der Waals surface area contributed by atoms with E-state index in [0.29, 0.717) is 30.4 Å². The van der Waals surface area contributed by atoms with Gasteiger partial charge in [0.25, 0.3) is 0 Å². The number of carbonyl (C=O) groups is 3. The van der Waals surface area contributed by atoms with Crippen LogP contribution in [-0.4, -0.2) is 38.5 Å². The van der Waals surface area contributed by atoms with E-state index in [1.165, 1.54) is 6.92 Å². The Balaban J connectivity index is 1.74. The minimum absolute atomic E-state index is 0.227. The second-order valence-electron chi connectivity index (χ2n) is 10.4. The lowest BCUT2D eigenvalue weighted by Crippen LogP contribution is -2.40. The van der Waals surface area contributed by atoms with Crippen LogP contribution in [0.2, 0.25) is 0 Å². The maximum Gasteiger partial charge on any atom is 0.331 e. The molecule has 0 unspecified atom stereocenters. The van der Waals surface area contributed by atoms with Gasteiger partial charge in [-0.3, -0.25) is 9.59 Å². The fourth-order valence-electron chi connectivity index (χ4n) is 5.57. The van der Waals surface area contributed by atoms with Crippen molar-refractivity contribution in [3.8, 4) is 0 Å². The average molecular weight is 519 g/mol. The Hall–Kier alpha value is -3.32. The molecule has 4 rings (SSSR count). The van der Waals surface area contributed by atoms with Crippen LogP contribution in [0.25, 0.3) is 21.8 Å². The van der Waals surface area contributed by atoms with Gasteiger partial charge in [0.15, 0.2) is 5.78 Å². The molecule has 0 radical (unpaired) electrons. The fourth-order valence-corrected chi connectivity index (χ4v) is 5.57. The second-order valence-corrected chi connectivity index (χ2v) is 10.4. The maximum absolute atomic E-state index is 13.5. The van der Waals surface area contributed by atoms with Crippen molar-refractivity contribution in [1.29, 1.82) is 0 Å². The molecule has 1 saturated carbocycles. The number of benzene rings is 2. The Morgan fingerprint density at radius 3 is 2.16 bits per heavy atom. The lowest BCUT2D eigenvalue weighted by molar-refractivity contribution is -0.140. The number of aromatic nitrogens is 1. The van der Waals surface area contributed by atoms with E-state index >= 15 is 0 Å². The zero-order valence-electron chi connectivity index (χ0n) is 22.7. The minimum Gasteiger partial charge on any atom is -0.382 e. The number of Topliss-reactive ketones (excluding diaryl/α,β-unsaturated/α-hetero) is 2. The van der Waals surface area contributed by atoms with Gasteiger partial charge in [0, 0.05) is 46.4 Å². The number of aryl methyl sites for hydroxylation is 1. The molecule has 7 heteroatoms. The van der Waals surface area contributed by atoms with Crippen LogP contribution in [-0.2, 0) is 16.2 Å². The molecule has 38 heavy (non-hydrogen) atoms. The van der Waals surface area contributed by atoms with Gasteiger partial charge < -0.3 is 14.5 Å². The molecule has 1 fully saturated rings. The van der Waals surface area contributed by atoms with Crippen molar-refractivity contribution in [1.82, 2.24) is 4.57 Å². The molecule has 202 valence electrons. The van der Waals surface area contributed by atoms with Crippen LogP contribution >= 0.6 is 0 Å². The number of ketones is 2. The highest BCUT2D eigenvalue weighted by atomic mass is 16.7. The van der Waals surface area contributed by atoms with Gasteiger partial charge in [0.2, 0.25) is 5.78 Å². The van der Waals surface area contributed by atoms with Gasteiger partial charge in [0.1, 0.15) is 11.3 Å². The van der Waals surface area contributed by atoms with E-state index in [9.17, 15) is 19.5 Å². The normalized spacial score (nSPS) is 15.6. The number of aliphatic hydroxyl groups is 1. The van der Waals surface area contributed by atoms with E-state index in [-0.39, 0.29) is 17.3 Å². The van der Waals surface area contributed by atoms with E-state index in [4.69, 9.17) is 4.84 Å². The molecule has 1 N–H and O–H groups in total. The van der Waals surface area contributed by atoms with Gasteiger partial charge >= 0.3 is 5.97 Å². The number of hydrogen-bond acceptors (Lipinski definition) is 6. The van der Waals surface area contributed by atoms with E-state index in [1.807, 2.05) is 24.3 Å². The van der Waals surface area contributed by atoms with Gasteiger partial charge in [-0.25, -0.2) is 4.79 Å². The van der Waals surface area contributed by atoms with Crippen molar-refractivity contribution in [2.75, 3.05) is 0 Å². The number of rotatable bonds is 11. The van der Waals surface area contributed by atoms with Crippen molar-refractivity contribution in [3.05, 3.63) is 47.5 Å². The number of carbonyl (C=O) groups excluding carboxylic acids is 3. The summed E-state index contributed by atoms with van der Waals surface area (Å²) >= 11 is 0. The number of fused-ring (bicyclic) bond motifs is 3. The second kappa shape index (κ2) is 12.0. The predicted molar refractivity (Wildman–Crippen MR) is 150 cm³/mol. The zero-order chi connectivity index (χ0) is 27.3. The van der Waals surface area contributed by atoms with E-state index in [2.05, 4.69) is 23.6 Å². The summed E-state index contributed by atoms with van der Waals surface area (Å²) in [7, 11) is 0. The third-order valence-electron chi connectivity index (χ3n) is 7.62. The first-order valence-electron chi connectivity index (χ1n) is 13.9. The molecule has 1 aliphatic carbocycles. The highest BCUT2D eigenvalue weighted by Gasteiger charge is 2.37. The third-order valence-corrected chi connectivity index (χ3v) is 7.62. The Bertz CT molecular complexity index is 1380. The van der Waals surface area contributed by atoms with Crippen molar-refractivity contribution in [3.63, 3.8) is 0 Å². The summed E-state index contributed by atoms with van der Waals surface area (Å²) in [4.78, 5) is 43.1. The van der Waals surface area contributed by atoms with Crippen LogP contribution in [0.15, 0.2) is 41.6 Å². The van der Waals surface area contributed by atoms with Gasteiger partial charge in [-0.15, -0.1) is 0 Å². The number of nitrogens with zero attached hydrogens (tertiary/aromatic N) is 2. The quantitative estimate of drug-likeness (QED) is 0.0994. The molecular formula is C31H38N2O5. The van der Waals surface area contributed by atoms with Crippen molar-refractivity contribution < 1.29 is 24.3 Å². The highest BCUT2D eigenvalue weighted by Crippen LogP contribution is 2.35. The summed E-state index contributed by atoms with van der Waals surface area (Å²) < 4.78 is 2.15. The Kier molecular flexibility index (Phi) is 8.77. The number of unbranched alkanes of at least 4 members (excludes halogenated alkanes) is 3. The minimum atomic E-state index is -1.31. The fraction of sp³-hybridized carbons (Fsp3) is 0.484. The summed E-state index contributed by atoms with van der Waals surface area (Å²) in [6.45, 7) is 6.16. The van der Waals surface area contributed by atoms with E-state index in [0.717, 1.165) is 73.3 Å². The van der Waals surface area contributed by atoms with Crippen molar-refractivity contribution in [2.24, 2.45) is 5.16 Å². The van der Waals surface area contributed by atoms with Gasteiger partial charge in [-0.2, -0.15) is 0 Å². The molecule has 0 saturated heterocycles. The van der Waals surface area contributed by atoms with E-state index in [1.54, 1.807) is 12.1 Å². The number of hydrogen-bond donors (Lipinski definition) is 1. The highest BCUT2D eigenvalue weighted by molar-refractivity contribution is 6.46. The molecule has 1 aromatic heterocycles. The summed E-state index contributed by atoms with van der Waals surface area (Å²) in [6.07, 6.45) is 8.03. The van der Waals surface area contributed by atoms with Crippen molar-refractivity contribution >= 4 is 45.1 Å². The molecule has 0 atom stereocenters. The van der Waals surface area contributed by atoms with Crippen molar-refractivity contribution in [2.45, 2.75) is 97.1 Å². The molecule has 1 aliphatic rings. The Labute approximate surface area is 223 Å². The predicted octanol–water partition coefficient (Wildman–Crippen LogP) is 6.76. The molecule has 3 aromatic rings. The van der Waals surface area contributed by atoms with Crippen LogP contribution in [0, 0.1) is 0 Å². The molecule has 2 aromatic carbocycles. The monoisotopic (exact) mass is 518 g/mol. The Morgan fingerprint density at radius 2 is 1.55 bits per heavy atom. The summed E-state index contributed by atoms with van der Waals surface area (Å²) in [5.74, 6) is -1.07. The van der Waals surface area contributed by atoms with Gasteiger partial charge in [0.05, 0.1) is 0 Å². The standard InChI is InChI=1S/C31H38N2O5/c1-4-6-7-9-12-26(32-38-21(3)34)29(35)22-13-15-27-24(19-22)25-20-23(14-16-28(25)33(27)5-2)30(36)31(37)17-10-8-11-18-31/h13-16,19-20,37H,4-12,17-18H2,1-3H3/b32-26+. The molecule has 1 heterocycles. The SMILES string of the molecule is CCCCCC/C(=N\OC(C)=O)C(=O)c1ccc2c(c1)c1cc(C(=O)C3(O)CCCCC3)ccc1n2CC.